The van der Waals surface area contributed by atoms with Gasteiger partial charge in [-0.15, -0.1) is 5.48 Å². The number of hydroxylamine groups is 1. The van der Waals surface area contributed by atoms with Crippen LogP contribution in [0.15, 0.2) is 47.7 Å². The van der Waals surface area contributed by atoms with Crippen LogP contribution in [0.1, 0.15) is 32.8 Å². The molecule has 21 heavy (non-hydrogen) atoms. The van der Waals surface area contributed by atoms with Gasteiger partial charge in [-0.25, -0.2) is 0 Å². The van der Waals surface area contributed by atoms with E-state index < -0.39 is 0 Å². The van der Waals surface area contributed by atoms with Gasteiger partial charge in [0.1, 0.15) is 5.75 Å². The molecule has 1 aromatic carbocycles. The maximum atomic E-state index is 5.90. The van der Waals surface area contributed by atoms with Crippen LogP contribution >= 0.6 is 0 Å². The molecule has 0 radical (unpaired) electrons. The van der Waals surface area contributed by atoms with Gasteiger partial charge in [0.2, 0.25) is 0 Å². The zero-order chi connectivity index (χ0) is 14.7. The van der Waals surface area contributed by atoms with E-state index in [1.165, 1.54) is 16.8 Å². The fraction of sp³-hybridized carbons (Fsp3) is 0.444. The highest BCUT2D eigenvalue weighted by Gasteiger charge is 2.50. The lowest BCUT2D eigenvalue weighted by Crippen LogP contribution is -2.55. The summed E-state index contributed by atoms with van der Waals surface area (Å²) in [5, 5.41) is 3.67. The number of para-hydroxylation sites is 1. The van der Waals surface area contributed by atoms with Crippen LogP contribution in [0.2, 0.25) is 0 Å². The molecule has 1 aromatic rings. The highest BCUT2D eigenvalue weighted by atomic mass is 16.7. The summed E-state index contributed by atoms with van der Waals surface area (Å²) >= 11 is 0. The summed E-state index contributed by atoms with van der Waals surface area (Å²) < 4.78 is 0. The molecular weight excluding hydrogens is 260 g/mol. The second kappa shape index (κ2) is 4.14. The Morgan fingerprint density at radius 2 is 2.05 bits per heavy atom. The van der Waals surface area contributed by atoms with Gasteiger partial charge in [-0.2, -0.15) is 0 Å². The predicted molar refractivity (Wildman–Crippen MR) is 83.8 cm³/mol. The van der Waals surface area contributed by atoms with Crippen molar-refractivity contribution < 1.29 is 4.84 Å². The van der Waals surface area contributed by atoms with Gasteiger partial charge in [0, 0.05) is 23.6 Å². The summed E-state index contributed by atoms with van der Waals surface area (Å²) in [5.41, 5.74) is 7.38. The molecule has 2 aliphatic heterocycles. The Bertz CT molecular complexity index is 659. The van der Waals surface area contributed by atoms with E-state index in [1.54, 1.807) is 0 Å². The van der Waals surface area contributed by atoms with Gasteiger partial charge in [0.15, 0.2) is 0 Å². The first-order valence-electron chi connectivity index (χ1n) is 7.73. The lowest BCUT2D eigenvalue weighted by Gasteiger charge is -2.42. The van der Waals surface area contributed by atoms with Gasteiger partial charge in [-0.05, 0) is 43.5 Å². The van der Waals surface area contributed by atoms with Crippen LogP contribution in [0.4, 0.5) is 0 Å². The minimum atomic E-state index is -0.112. The topological polar surface area (TPSA) is 33.3 Å². The quantitative estimate of drug-likeness (QED) is 0.767. The zero-order valence-corrected chi connectivity index (χ0v) is 12.9. The fourth-order valence-corrected chi connectivity index (χ4v) is 3.94. The molecule has 0 saturated heterocycles. The molecule has 1 aliphatic carbocycles. The van der Waals surface area contributed by atoms with Crippen molar-refractivity contribution in [1.82, 2.24) is 10.8 Å². The molecule has 2 heterocycles. The molecule has 2 N–H and O–H groups in total. The standard InChI is InChI=1S/C18H22N2O/c1-12-16-14(19-17(12,2)3)8-6-10-18(16)11-13-7-4-5-9-15(13)21-20-18/h4-9,12,19-20H,10-11H2,1-3H3. The molecule has 3 nitrogen and oxygen atoms in total. The third kappa shape index (κ3) is 1.77. The maximum absolute atomic E-state index is 5.90. The number of fused-ring (bicyclic) bond motifs is 2. The van der Waals surface area contributed by atoms with Crippen LogP contribution in [-0.2, 0) is 6.42 Å². The number of hydrogen-bond donors (Lipinski definition) is 2. The van der Waals surface area contributed by atoms with Gasteiger partial charge >= 0.3 is 0 Å². The summed E-state index contributed by atoms with van der Waals surface area (Å²) in [6.07, 6.45) is 6.44. The Morgan fingerprint density at radius 1 is 1.24 bits per heavy atom. The molecule has 2 unspecified atom stereocenters. The molecule has 1 spiro atoms. The lowest BCUT2D eigenvalue weighted by atomic mass is 9.71. The molecule has 0 bridgehead atoms. The van der Waals surface area contributed by atoms with Crippen LogP contribution in [-0.4, -0.2) is 11.1 Å². The number of benzene rings is 1. The van der Waals surface area contributed by atoms with Crippen molar-refractivity contribution in [3.63, 3.8) is 0 Å². The predicted octanol–water partition coefficient (Wildman–Crippen LogP) is 3.10. The SMILES string of the molecule is CC1C2=C(C=CCC23Cc2ccccc2ON3)NC1(C)C. The minimum Gasteiger partial charge on any atom is -0.408 e. The fourth-order valence-electron chi connectivity index (χ4n) is 3.94. The van der Waals surface area contributed by atoms with E-state index in [-0.39, 0.29) is 11.1 Å². The summed E-state index contributed by atoms with van der Waals surface area (Å²) in [6.45, 7) is 6.86. The molecule has 110 valence electrons. The molecule has 0 amide bonds. The second-order valence-electron chi connectivity index (χ2n) is 7.07. The van der Waals surface area contributed by atoms with E-state index in [0.717, 1.165) is 18.6 Å². The second-order valence-corrected chi connectivity index (χ2v) is 7.07. The molecule has 0 saturated carbocycles. The smallest absolute Gasteiger partial charge is 0.150 e. The monoisotopic (exact) mass is 282 g/mol. The average molecular weight is 282 g/mol. The number of allylic oxidation sites excluding steroid dienone is 1. The molecular formula is C18H22N2O. The Kier molecular flexibility index (Phi) is 2.55. The highest BCUT2D eigenvalue weighted by molar-refractivity contribution is 5.48. The van der Waals surface area contributed by atoms with Gasteiger partial charge in [-0.1, -0.05) is 31.2 Å². The summed E-state index contributed by atoms with van der Waals surface area (Å²) in [7, 11) is 0. The van der Waals surface area contributed by atoms with Crippen molar-refractivity contribution in [2.24, 2.45) is 5.92 Å². The van der Waals surface area contributed by atoms with E-state index in [4.69, 9.17) is 4.84 Å². The lowest BCUT2D eigenvalue weighted by molar-refractivity contribution is 0.0807. The normalized spacial score (nSPS) is 32.4. The van der Waals surface area contributed by atoms with Crippen LogP contribution in [0.3, 0.4) is 0 Å². The first-order chi connectivity index (χ1) is 10.0. The summed E-state index contributed by atoms with van der Waals surface area (Å²) in [4.78, 5) is 5.90. The van der Waals surface area contributed by atoms with Gasteiger partial charge in [0.25, 0.3) is 0 Å². The summed E-state index contributed by atoms with van der Waals surface area (Å²) in [5.74, 6) is 1.43. The molecule has 0 fully saturated rings. The van der Waals surface area contributed by atoms with Crippen LogP contribution < -0.4 is 15.6 Å². The number of hydrogen-bond acceptors (Lipinski definition) is 3. The highest BCUT2D eigenvalue weighted by Crippen LogP contribution is 2.47. The minimum absolute atomic E-state index is 0.0883. The summed E-state index contributed by atoms with van der Waals surface area (Å²) in [6, 6.07) is 8.32. The van der Waals surface area contributed by atoms with Crippen molar-refractivity contribution in [2.45, 2.75) is 44.7 Å². The number of nitrogens with one attached hydrogen (secondary N) is 2. The van der Waals surface area contributed by atoms with Crippen LogP contribution in [0.5, 0.6) is 5.75 Å². The zero-order valence-electron chi connectivity index (χ0n) is 12.9. The average Bonchev–Trinajstić information content (AvgIpc) is 2.70. The largest absolute Gasteiger partial charge is 0.408 e. The molecule has 3 aliphatic rings. The van der Waals surface area contributed by atoms with Crippen molar-refractivity contribution in [1.29, 1.82) is 0 Å². The molecule has 3 heteroatoms. The van der Waals surface area contributed by atoms with Crippen molar-refractivity contribution in [3.8, 4) is 5.75 Å². The Balaban J connectivity index is 1.78. The Labute approximate surface area is 126 Å². The molecule has 0 aromatic heterocycles. The maximum Gasteiger partial charge on any atom is 0.150 e. The Morgan fingerprint density at radius 3 is 2.90 bits per heavy atom. The van der Waals surface area contributed by atoms with E-state index in [1.807, 2.05) is 12.1 Å². The number of rotatable bonds is 0. The molecule has 2 atom stereocenters. The first kappa shape index (κ1) is 13.0. The van der Waals surface area contributed by atoms with Crippen LogP contribution in [0.25, 0.3) is 0 Å². The van der Waals surface area contributed by atoms with Gasteiger partial charge in [-0.3, -0.25) is 0 Å². The van der Waals surface area contributed by atoms with Crippen molar-refractivity contribution in [3.05, 3.63) is 53.3 Å². The third-order valence-electron chi connectivity index (χ3n) is 5.35. The van der Waals surface area contributed by atoms with Gasteiger partial charge < -0.3 is 10.2 Å². The van der Waals surface area contributed by atoms with E-state index in [9.17, 15) is 0 Å². The Hall–Kier alpha value is -1.74. The first-order valence-corrected chi connectivity index (χ1v) is 7.73. The van der Waals surface area contributed by atoms with Crippen LogP contribution in [0, 0.1) is 5.92 Å². The van der Waals surface area contributed by atoms with E-state index in [0.29, 0.717) is 5.92 Å². The van der Waals surface area contributed by atoms with Crippen molar-refractivity contribution >= 4 is 0 Å². The van der Waals surface area contributed by atoms with Gasteiger partial charge in [0.05, 0.1) is 5.54 Å². The van der Waals surface area contributed by atoms with Crippen molar-refractivity contribution in [2.75, 3.05) is 0 Å². The van der Waals surface area contributed by atoms with E-state index >= 15 is 0 Å². The third-order valence-corrected chi connectivity index (χ3v) is 5.35. The van der Waals surface area contributed by atoms with E-state index in [2.05, 4.69) is 55.9 Å². The molecule has 4 rings (SSSR count).